The molecular weight excluding hydrogens is 671 g/mol. The maximum atomic E-state index is 13.7. The van der Waals surface area contributed by atoms with Crippen molar-refractivity contribution >= 4 is 57.5 Å². The van der Waals surface area contributed by atoms with Gasteiger partial charge in [0.25, 0.3) is 0 Å². The summed E-state index contributed by atoms with van der Waals surface area (Å²) in [4.78, 5) is 41.1. The van der Waals surface area contributed by atoms with Crippen molar-refractivity contribution in [3.8, 4) is 5.75 Å². The summed E-state index contributed by atoms with van der Waals surface area (Å²) in [6, 6.07) is 3.68. The SMILES string of the molecule is COC(=O)C(C)NP(=O)(OC[C@H]1O[C@@H](N2C(=O)NC(=O)[C@](C)(Br)[C@H]2OC)C[C@@H]1N=[N+]=[N-])Oc1ccc(Br)cc1. The predicted molar refractivity (Wildman–Crippen MR) is 143 cm³/mol. The van der Waals surface area contributed by atoms with Crippen molar-refractivity contribution < 1.29 is 42.2 Å². The van der Waals surface area contributed by atoms with Crippen LogP contribution in [0.2, 0.25) is 0 Å². The van der Waals surface area contributed by atoms with Crippen molar-refractivity contribution in [1.82, 2.24) is 15.3 Å². The van der Waals surface area contributed by atoms with E-state index < -0.39 is 67.2 Å². The smallest absolute Gasteiger partial charge is 0.459 e. The molecule has 2 aliphatic rings. The van der Waals surface area contributed by atoms with E-state index in [2.05, 4.69) is 57.0 Å². The van der Waals surface area contributed by atoms with E-state index in [4.69, 9.17) is 24.1 Å². The highest BCUT2D eigenvalue weighted by atomic mass is 79.9. The first-order chi connectivity index (χ1) is 18.3. The number of urea groups is 1. The Morgan fingerprint density at radius 1 is 1.38 bits per heavy atom. The summed E-state index contributed by atoms with van der Waals surface area (Å²) in [5.41, 5.74) is 9.11. The van der Waals surface area contributed by atoms with Crippen LogP contribution in [0.15, 0.2) is 33.9 Å². The third-order valence-electron chi connectivity index (χ3n) is 5.91. The summed E-state index contributed by atoms with van der Waals surface area (Å²) in [7, 11) is -1.74. The Morgan fingerprint density at radius 2 is 2.05 bits per heavy atom. The van der Waals surface area contributed by atoms with Gasteiger partial charge in [0.2, 0.25) is 5.91 Å². The zero-order valence-corrected chi connectivity index (χ0v) is 25.3. The molecule has 2 aliphatic heterocycles. The number of nitrogens with zero attached hydrogens (tertiary/aromatic N) is 4. The zero-order valence-electron chi connectivity index (χ0n) is 21.3. The van der Waals surface area contributed by atoms with Crippen LogP contribution in [0.25, 0.3) is 10.4 Å². The van der Waals surface area contributed by atoms with Crippen LogP contribution in [0.5, 0.6) is 5.75 Å². The lowest BCUT2D eigenvalue weighted by Gasteiger charge is -2.44. The number of imide groups is 1. The molecule has 0 aliphatic carbocycles. The Morgan fingerprint density at radius 3 is 2.64 bits per heavy atom. The minimum atomic E-state index is -4.24. The van der Waals surface area contributed by atoms with Crippen LogP contribution in [-0.4, -0.2) is 78.6 Å². The average molecular weight is 698 g/mol. The first kappa shape index (κ1) is 31.3. The van der Waals surface area contributed by atoms with E-state index in [0.717, 1.165) is 4.47 Å². The molecule has 15 nitrogen and oxygen atoms in total. The Hall–Kier alpha value is -2.23. The Bertz CT molecular complexity index is 1180. The number of azide groups is 1. The normalized spacial score (nSPS) is 29.1. The van der Waals surface area contributed by atoms with Crippen molar-refractivity contribution in [3.05, 3.63) is 39.2 Å². The number of hydrogen-bond acceptors (Lipinski definition) is 10. The molecule has 0 aromatic heterocycles. The first-order valence-electron chi connectivity index (χ1n) is 11.5. The Kier molecular flexibility index (Phi) is 10.4. The van der Waals surface area contributed by atoms with E-state index in [0.29, 0.717) is 0 Å². The van der Waals surface area contributed by atoms with Crippen molar-refractivity contribution in [2.24, 2.45) is 5.11 Å². The summed E-state index contributed by atoms with van der Waals surface area (Å²) in [5, 5.41) is 8.49. The molecule has 2 saturated heterocycles. The highest BCUT2D eigenvalue weighted by molar-refractivity contribution is 9.10. The predicted octanol–water partition coefficient (Wildman–Crippen LogP) is 3.58. The van der Waals surface area contributed by atoms with E-state index in [1.165, 1.54) is 45.1 Å². The molecule has 0 spiro atoms. The van der Waals surface area contributed by atoms with Gasteiger partial charge in [-0.25, -0.2) is 9.36 Å². The fourth-order valence-corrected chi connectivity index (χ4v) is 6.24. The van der Waals surface area contributed by atoms with Crippen molar-refractivity contribution in [2.75, 3.05) is 20.8 Å². The summed E-state index contributed by atoms with van der Waals surface area (Å²) < 4.78 is 40.5. The molecule has 2 N–H and O–H groups in total. The van der Waals surface area contributed by atoms with Gasteiger partial charge in [0.05, 0.1) is 25.9 Å². The molecule has 18 heteroatoms. The van der Waals surface area contributed by atoms with Gasteiger partial charge in [-0.15, -0.1) is 0 Å². The highest BCUT2D eigenvalue weighted by Gasteiger charge is 2.54. The largest absolute Gasteiger partial charge is 0.468 e. The maximum Gasteiger partial charge on any atom is 0.459 e. The van der Waals surface area contributed by atoms with Crippen LogP contribution >= 0.6 is 39.6 Å². The van der Waals surface area contributed by atoms with Crippen molar-refractivity contribution in [1.29, 1.82) is 0 Å². The number of benzene rings is 1. The summed E-state index contributed by atoms with van der Waals surface area (Å²) >= 11 is 6.60. The molecule has 3 amide bonds. The van der Waals surface area contributed by atoms with Gasteiger partial charge in [0.1, 0.15) is 22.3 Å². The standard InChI is InChI=1S/C21H27Br2N6O9P/c1-11(17(30)34-3)27-39(33,38-13-7-5-12(22)6-8-13)36-10-15-14(26-28-24)9-16(37-15)29-19(35-4)21(2,23)18(31)25-20(29)32/h5-8,11,14-16,19H,9-10H2,1-4H3,(H,27,33)(H,25,31,32)/t11?,14-,15+,16+,19+,21-,39?/m0/s1. The molecule has 214 valence electrons. The van der Waals surface area contributed by atoms with Crippen LogP contribution < -0.4 is 14.9 Å². The van der Waals surface area contributed by atoms with Gasteiger partial charge in [-0.2, -0.15) is 5.09 Å². The first-order valence-corrected chi connectivity index (χ1v) is 14.6. The molecular formula is C21H27Br2N6O9P. The molecule has 1 aromatic rings. The number of rotatable bonds is 11. The average Bonchev–Trinajstić information content (AvgIpc) is 3.28. The molecule has 0 radical (unpaired) electrons. The monoisotopic (exact) mass is 696 g/mol. The second-order valence-electron chi connectivity index (χ2n) is 8.68. The van der Waals surface area contributed by atoms with Gasteiger partial charge in [-0.05, 0) is 43.6 Å². The molecule has 2 heterocycles. The van der Waals surface area contributed by atoms with Crippen LogP contribution in [0.3, 0.4) is 0 Å². The van der Waals surface area contributed by atoms with E-state index in [1.807, 2.05) is 0 Å². The number of methoxy groups -OCH3 is 2. The summed E-state index contributed by atoms with van der Waals surface area (Å²) in [6.07, 6.45) is -3.04. The topological polar surface area (TPSA) is 190 Å². The second-order valence-corrected chi connectivity index (χ2v) is 12.9. The third-order valence-corrected chi connectivity index (χ3v) is 8.83. The molecule has 39 heavy (non-hydrogen) atoms. The van der Waals surface area contributed by atoms with E-state index in [-0.39, 0.29) is 12.2 Å². The number of halogens is 2. The Balaban J connectivity index is 1.82. The number of ether oxygens (including phenoxy) is 3. The van der Waals surface area contributed by atoms with Crippen LogP contribution in [0.1, 0.15) is 20.3 Å². The van der Waals surface area contributed by atoms with Gasteiger partial charge in [-0.3, -0.25) is 24.3 Å². The number of nitrogens with one attached hydrogen (secondary N) is 2. The number of carbonyl (C=O) groups excluding carboxylic acids is 3. The fourth-order valence-electron chi connectivity index (χ4n) is 3.97. The van der Waals surface area contributed by atoms with E-state index in [1.54, 1.807) is 12.1 Å². The summed E-state index contributed by atoms with van der Waals surface area (Å²) in [6.45, 7) is 2.52. The molecule has 3 rings (SSSR count). The third kappa shape index (κ3) is 7.30. The van der Waals surface area contributed by atoms with Gasteiger partial charge in [-0.1, -0.05) is 37.0 Å². The van der Waals surface area contributed by atoms with Gasteiger partial charge in [0, 0.05) is 22.9 Å². The lowest BCUT2D eigenvalue weighted by molar-refractivity contribution is -0.152. The van der Waals surface area contributed by atoms with Crippen LogP contribution in [0.4, 0.5) is 4.79 Å². The van der Waals surface area contributed by atoms with E-state index >= 15 is 0 Å². The number of esters is 1. The minimum absolute atomic E-state index is 0.0203. The lowest BCUT2D eigenvalue weighted by Crippen LogP contribution is -2.69. The number of hydrogen-bond donors (Lipinski definition) is 2. The summed E-state index contributed by atoms with van der Waals surface area (Å²) in [5.74, 6) is -1.13. The molecule has 7 atom stereocenters. The van der Waals surface area contributed by atoms with Gasteiger partial charge < -0.3 is 18.7 Å². The number of carbonyl (C=O) groups is 3. The highest BCUT2D eigenvalue weighted by Crippen LogP contribution is 2.46. The second kappa shape index (κ2) is 13.0. The lowest BCUT2D eigenvalue weighted by atomic mass is 10.0. The van der Waals surface area contributed by atoms with Gasteiger partial charge >= 0.3 is 19.7 Å². The molecule has 0 bridgehead atoms. The molecule has 0 saturated carbocycles. The maximum absolute atomic E-state index is 13.7. The minimum Gasteiger partial charge on any atom is -0.468 e. The van der Waals surface area contributed by atoms with Crippen molar-refractivity contribution in [2.45, 2.75) is 55.2 Å². The molecule has 1 aromatic carbocycles. The zero-order chi connectivity index (χ0) is 29.0. The van der Waals surface area contributed by atoms with Crippen LogP contribution in [-0.2, 0) is 32.9 Å². The van der Waals surface area contributed by atoms with E-state index in [9.17, 15) is 18.9 Å². The quantitative estimate of drug-likeness (QED) is 0.0863. The van der Waals surface area contributed by atoms with Crippen LogP contribution in [0, 0.1) is 0 Å². The molecule has 2 fully saturated rings. The number of amides is 3. The molecule has 2 unspecified atom stereocenters. The number of alkyl halides is 1. The fraction of sp³-hybridized carbons (Fsp3) is 0.571. The van der Waals surface area contributed by atoms with Crippen molar-refractivity contribution in [3.63, 3.8) is 0 Å². The Labute approximate surface area is 240 Å². The van der Waals surface area contributed by atoms with Gasteiger partial charge in [0.15, 0.2) is 6.23 Å².